The van der Waals surface area contributed by atoms with Crippen molar-refractivity contribution in [2.45, 2.75) is 25.7 Å². The van der Waals surface area contributed by atoms with Crippen LogP contribution < -0.4 is 0 Å². The molecule has 0 radical (unpaired) electrons. The van der Waals surface area contributed by atoms with E-state index < -0.39 is 5.97 Å². The van der Waals surface area contributed by atoms with Crippen molar-refractivity contribution in [3.63, 3.8) is 0 Å². The molecule has 1 N–H and O–H groups in total. The van der Waals surface area contributed by atoms with Crippen LogP contribution in [0.15, 0.2) is 44.1 Å². The second-order valence-corrected chi connectivity index (χ2v) is 8.90. The molecule has 0 bridgehead atoms. The molecule has 1 saturated heterocycles. The number of benzene rings is 1. The van der Waals surface area contributed by atoms with Gasteiger partial charge in [-0.3, -0.25) is 14.5 Å². The normalized spacial score (nSPS) is 15.5. The van der Waals surface area contributed by atoms with Crippen molar-refractivity contribution in [1.29, 1.82) is 0 Å². The minimum Gasteiger partial charge on any atom is -0.481 e. The lowest BCUT2D eigenvalue weighted by Gasteiger charge is -2.13. The molecule has 1 fully saturated rings. The fraction of sp³-hybridized carbons (Fsp3) is 0.250. The summed E-state index contributed by atoms with van der Waals surface area (Å²) in [7, 11) is 0. The van der Waals surface area contributed by atoms with Gasteiger partial charge in [-0.05, 0) is 59.1 Å². The van der Waals surface area contributed by atoms with Gasteiger partial charge in [-0.25, -0.2) is 4.39 Å². The lowest BCUT2D eigenvalue weighted by Crippen LogP contribution is -2.29. The number of carbonyl (C=O) groups excluding carboxylic acids is 1. The Balaban J connectivity index is 1.64. The summed E-state index contributed by atoms with van der Waals surface area (Å²) in [5, 5.41) is 8.66. The topological polar surface area (TPSA) is 70.8 Å². The number of unbranched alkanes of at least 4 members (excludes halogenated alkanes) is 2. The van der Waals surface area contributed by atoms with Gasteiger partial charge in [0.1, 0.15) is 21.7 Å². The van der Waals surface area contributed by atoms with E-state index in [2.05, 4.69) is 15.9 Å². The fourth-order valence-electron chi connectivity index (χ4n) is 2.78. The van der Waals surface area contributed by atoms with E-state index >= 15 is 0 Å². The number of halogens is 2. The quantitative estimate of drug-likeness (QED) is 0.286. The minimum absolute atomic E-state index is 0.126. The molecule has 2 aromatic rings. The van der Waals surface area contributed by atoms with Crippen LogP contribution in [0.3, 0.4) is 0 Å². The van der Waals surface area contributed by atoms with Crippen molar-refractivity contribution < 1.29 is 23.5 Å². The summed E-state index contributed by atoms with van der Waals surface area (Å²) < 4.78 is 20.3. The van der Waals surface area contributed by atoms with Crippen LogP contribution in [-0.2, 0) is 9.59 Å². The first-order chi connectivity index (χ1) is 13.8. The van der Waals surface area contributed by atoms with Gasteiger partial charge in [-0.15, -0.1) is 0 Å². The molecule has 0 saturated carbocycles. The predicted molar refractivity (Wildman–Crippen MR) is 118 cm³/mol. The van der Waals surface area contributed by atoms with Crippen LogP contribution in [0.2, 0.25) is 0 Å². The van der Waals surface area contributed by atoms with E-state index in [4.69, 9.17) is 21.7 Å². The van der Waals surface area contributed by atoms with Gasteiger partial charge >= 0.3 is 5.97 Å². The zero-order chi connectivity index (χ0) is 21.0. The van der Waals surface area contributed by atoms with Crippen molar-refractivity contribution in [3.8, 4) is 11.3 Å². The third-order valence-corrected chi connectivity index (χ3v) is 6.27. The number of aliphatic carboxylic acids is 1. The number of thioether (sulfide) groups is 1. The highest BCUT2D eigenvalue weighted by atomic mass is 79.9. The first-order valence-electron chi connectivity index (χ1n) is 8.87. The summed E-state index contributed by atoms with van der Waals surface area (Å²) in [5.74, 6) is -0.417. The summed E-state index contributed by atoms with van der Waals surface area (Å²) in [4.78, 5) is 25.1. The number of thiocarbonyl (C=S) groups is 1. The Morgan fingerprint density at radius 2 is 2.07 bits per heavy atom. The van der Waals surface area contributed by atoms with Gasteiger partial charge in [0.2, 0.25) is 0 Å². The largest absolute Gasteiger partial charge is 0.481 e. The van der Waals surface area contributed by atoms with Crippen molar-refractivity contribution in [2.75, 3.05) is 6.54 Å². The summed E-state index contributed by atoms with van der Waals surface area (Å²) >= 11 is 9.62. The highest BCUT2D eigenvalue weighted by Crippen LogP contribution is 2.34. The summed E-state index contributed by atoms with van der Waals surface area (Å²) in [6.45, 7) is 0.462. The third-order valence-electron chi connectivity index (χ3n) is 4.25. The molecule has 1 aromatic heterocycles. The summed E-state index contributed by atoms with van der Waals surface area (Å²) in [6.07, 6.45) is 3.73. The molecule has 1 aliphatic heterocycles. The zero-order valence-electron chi connectivity index (χ0n) is 15.2. The number of carbonyl (C=O) groups is 2. The summed E-state index contributed by atoms with van der Waals surface area (Å²) in [6, 6.07) is 8.15. The lowest BCUT2D eigenvalue weighted by atomic mass is 10.2. The van der Waals surface area contributed by atoms with Gasteiger partial charge in [0, 0.05) is 24.6 Å². The molecule has 2 heterocycles. The Labute approximate surface area is 185 Å². The molecule has 1 aliphatic rings. The van der Waals surface area contributed by atoms with Crippen molar-refractivity contribution in [3.05, 3.63) is 51.3 Å². The highest BCUT2D eigenvalue weighted by molar-refractivity contribution is 9.10. The van der Waals surface area contributed by atoms with Crippen LogP contribution in [0.25, 0.3) is 17.4 Å². The number of hydrogen-bond donors (Lipinski definition) is 1. The first-order valence-corrected chi connectivity index (χ1v) is 10.9. The summed E-state index contributed by atoms with van der Waals surface area (Å²) in [5.41, 5.74) is 0.597. The molecular formula is C20H17BrFNO4S2. The number of carboxylic acids is 1. The van der Waals surface area contributed by atoms with E-state index in [1.165, 1.54) is 22.7 Å². The van der Waals surface area contributed by atoms with Crippen molar-refractivity contribution >= 4 is 62.2 Å². The number of carboxylic acid groups (broad SMARTS) is 1. The van der Waals surface area contributed by atoms with E-state index in [9.17, 15) is 14.0 Å². The van der Waals surface area contributed by atoms with Crippen molar-refractivity contribution in [1.82, 2.24) is 4.90 Å². The molecule has 1 amide bonds. The van der Waals surface area contributed by atoms with Gasteiger partial charge < -0.3 is 9.52 Å². The second kappa shape index (κ2) is 9.69. The SMILES string of the molecule is O=C(O)CCCCCN1C(=O)/C(=C/c2ccc(-c3ccc(Br)c(F)c3)o2)SC1=S. The third kappa shape index (κ3) is 5.55. The second-order valence-electron chi connectivity index (χ2n) is 6.37. The van der Waals surface area contributed by atoms with E-state index in [0.29, 0.717) is 56.6 Å². The van der Waals surface area contributed by atoms with Crippen molar-refractivity contribution in [2.24, 2.45) is 0 Å². The van der Waals surface area contributed by atoms with Crippen LogP contribution in [0, 0.1) is 5.82 Å². The number of furan rings is 1. The smallest absolute Gasteiger partial charge is 0.303 e. The molecule has 152 valence electrons. The Hall–Kier alpha value is -1.97. The van der Waals surface area contributed by atoms with Gasteiger partial charge in [0.25, 0.3) is 5.91 Å². The molecule has 0 aliphatic carbocycles. The number of nitrogens with zero attached hydrogens (tertiary/aromatic N) is 1. The van der Waals surface area contributed by atoms with E-state index in [-0.39, 0.29) is 18.1 Å². The average Bonchev–Trinajstić information content (AvgIpc) is 3.23. The molecule has 0 spiro atoms. The molecule has 3 rings (SSSR count). The predicted octanol–water partition coefficient (Wildman–Crippen LogP) is 5.69. The monoisotopic (exact) mass is 497 g/mol. The van der Waals surface area contributed by atoms with Crippen LogP contribution in [0.1, 0.15) is 31.4 Å². The number of rotatable bonds is 8. The highest BCUT2D eigenvalue weighted by Gasteiger charge is 2.31. The fourth-order valence-corrected chi connectivity index (χ4v) is 4.32. The molecule has 29 heavy (non-hydrogen) atoms. The molecule has 1 aromatic carbocycles. The minimum atomic E-state index is -0.817. The molecular weight excluding hydrogens is 481 g/mol. The van der Waals surface area contributed by atoms with E-state index in [0.717, 1.165) is 0 Å². The average molecular weight is 498 g/mol. The maximum Gasteiger partial charge on any atom is 0.303 e. The van der Waals surface area contributed by atoms with Crippen LogP contribution >= 0.6 is 39.9 Å². The van der Waals surface area contributed by atoms with E-state index in [1.54, 1.807) is 30.3 Å². The van der Waals surface area contributed by atoms with Gasteiger partial charge in [0.15, 0.2) is 0 Å². The Morgan fingerprint density at radius 1 is 1.28 bits per heavy atom. The lowest BCUT2D eigenvalue weighted by molar-refractivity contribution is -0.137. The Bertz CT molecular complexity index is 989. The number of hydrogen-bond acceptors (Lipinski definition) is 5. The molecule has 5 nitrogen and oxygen atoms in total. The van der Waals surface area contributed by atoms with Gasteiger partial charge in [0.05, 0.1) is 9.38 Å². The maximum atomic E-state index is 13.7. The zero-order valence-corrected chi connectivity index (χ0v) is 18.4. The molecule has 0 atom stereocenters. The Kier molecular flexibility index (Phi) is 7.26. The molecule has 0 unspecified atom stereocenters. The maximum absolute atomic E-state index is 13.7. The van der Waals surface area contributed by atoms with Crippen LogP contribution in [0.4, 0.5) is 4.39 Å². The first kappa shape index (κ1) is 21.7. The number of amides is 1. The van der Waals surface area contributed by atoms with Crippen LogP contribution in [0.5, 0.6) is 0 Å². The molecule has 9 heteroatoms. The Morgan fingerprint density at radius 3 is 2.79 bits per heavy atom. The van der Waals surface area contributed by atoms with Gasteiger partial charge in [-0.2, -0.15) is 0 Å². The standard InChI is InChI=1S/C20H17BrFNO4S2/c21-14-7-5-12(10-15(14)22)16-8-6-13(27-16)11-17-19(26)23(20(28)29-17)9-3-1-2-4-18(24)25/h5-8,10-11H,1-4,9H2,(H,24,25)/b17-11-. The van der Waals surface area contributed by atoms with Gasteiger partial charge in [-0.1, -0.05) is 30.4 Å². The van der Waals surface area contributed by atoms with E-state index in [1.807, 2.05) is 0 Å². The van der Waals surface area contributed by atoms with Crippen LogP contribution in [-0.4, -0.2) is 32.7 Å².